The van der Waals surface area contributed by atoms with Crippen molar-refractivity contribution in [3.8, 4) is 0 Å². The Kier molecular flexibility index (Phi) is 4.82. The van der Waals surface area contributed by atoms with E-state index in [-0.39, 0.29) is 5.97 Å². The number of hydrogen-bond donors (Lipinski definition) is 1. The van der Waals surface area contributed by atoms with Crippen LogP contribution in [0.4, 0.5) is 5.82 Å². The largest absolute Gasteiger partial charge is 0.465 e. The number of carbonyl (C=O) groups is 1. The minimum atomic E-state index is -0.326. The molecular weight excluding hydrogens is 366 g/mol. The highest BCUT2D eigenvalue weighted by Gasteiger charge is 2.20. The van der Waals surface area contributed by atoms with E-state index in [1.807, 2.05) is 12.1 Å². The molecule has 0 bridgehead atoms. The number of methoxy groups -OCH3 is 1. The number of thioether (sulfide) groups is 1. The smallest absolute Gasteiger partial charge is 0.337 e. The van der Waals surface area contributed by atoms with E-state index in [0.29, 0.717) is 16.5 Å². The third kappa shape index (κ3) is 3.29. The summed E-state index contributed by atoms with van der Waals surface area (Å²) in [6.45, 7) is 0. The second-order valence-corrected chi connectivity index (χ2v) is 8.29. The van der Waals surface area contributed by atoms with Crippen LogP contribution in [0.3, 0.4) is 0 Å². The summed E-state index contributed by atoms with van der Waals surface area (Å²) in [5, 5.41) is 1.77. The van der Waals surface area contributed by atoms with E-state index in [0.717, 1.165) is 34.4 Å². The maximum atomic E-state index is 11.5. The number of anilines is 1. The fourth-order valence-electron chi connectivity index (χ4n) is 3.23. The van der Waals surface area contributed by atoms with Crippen LogP contribution in [0.2, 0.25) is 0 Å². The Morgan fingerprint density at radius 1 is 1.23 bits per heavy atom. The summed E-state index contributed by atoms with van der Waals surface area (Å²) in [6.07, 6.45) is 4.68. The Bertz CT molecular complexity index is 967. The molecule has 0 saturated carbocycles. The third-order valence-electron chi connectivity index (χ3n) is 4.57. The fourth-order valence-corrected chi connectivity index (χ4v) is 5.37. The van der Waals surface area contributed by atoms with E-state index in [2.05, 4.69) is 4.98 Å². The molecule has 26 heavy (non-hydrogen) atoms. The molecule has 3 aromatic rings. The van der Waals surface area contributed by atoms with Crippen LogP contribution >= 0.6 is 23.1 Å². The number of thiophene rings is 1. The van der Waals surface area contributed by atoms with Gasteiger partial charge < -0.3 is 10.5 Å². The lowest BCUT2D eigenvalue weighted by atomic mass is 9.97. The lowest BCUT2D eigenvalue weighted by Crippen LogP contribution is -2.01. The molecule has 134 valence electrons. The number of rotatable bonds is 4. The molecule has 0 radical (unpaired) electrons. The zero-order chi connectivity index (χ0) is 18.1. The highest BCUT2D eigenvalue weighted by Crippen LogP contribution is 2.38. The van der Waals surface area contributed by atoms with Crippen molar-refractivity contribution in [2.45, 2.75) is 36.6 Å². The van der Waals surface area contributed by atoms with Crippen LogP contribution in [0.1, 0.15) is 39.2 Å². The van der Waals surface area contributed by atoms with Gasteiger partial charge >= 0.3 is 5.97 Å². The first-order valence-electron chi connectivity index (χ1n) is 8.53. The summed E-state index contributed by atoms with van der Waals surface area (Å²) < 4.78 is 4.72. The minimum absolute atomic E-state index is 0.326. The lowest BCUT2D eigenvalue weighted by Gasteiger charge is -2.10. The van der Waals surface area contributed by atoms with Gasteiger partial charge in [0.25, 0.3) is 0 Å². The minimum Gasteiger partial charge on any atom is -0.465 e. The van der Waals surface area contributed by atoms with Crippen molar-refractivity contribution in [3.05, 3.63) is 45.8 Å². The van der Waals surface area contributed by atoms with Gasteiger partial charge in [-0.25, -0.2) is 14.8 Å². The van der Waals surface area contributed by atoms with Crippen LogP contribution in [-0.4, -0.2) is 23.0 Å². The van der Waals surface area contributed by atoms with Crippen molar-refractivity contribution in [2.24, 2.45) is 0 Å². The van der Waals surface area contributed by atoms with Crippen molar-refractivity contribution in [1.82, 2.24) is 9.97 Å². The quantitative estimate of drug-likeness (QED) is 0.411. The first-order valence-corrected chi connectivity index (χ1v) is 10.3. The fraction of sp³-hybridized carbons (Fsp3) is 0.316. The van der Waals surface area contributed by atoms with Crippen molar-refractivity contribution in [3.63, 3.8) is 0 Å². The van der Waals surface area contributed by atoms with E-state index >= 15 is 0 Å². The number of hydrogen-bond acceptors (Lipinski definition) is 7. The van der Waals surface area contributed by atoms with Gasteiger partial charge in [0.15, 0.2) is 5.16 Å². The normalized spacial score (nSPS) is 13.6. The number of nitrogen functional groups attached to an aromatic ring is 1. The number of benzene rings is 1. The van der Waals surface area contributed by atoms with E-state index in [1.165, 1.54) is 30.4 Å². The predicted molar refractivity (Wildman–Crippen MR) is 106 cm³/mol. The molecule has 5 nitrogen and oxygen atoms in total. The van der Waals surface area contributed by atoms with Gasteiger partial charge in [-0.1, -0.05) is 23.9 Å². The molecule has 2 aromatic heterocycles. The molecule has 0 atom stereocenters. The van der Waals surface area contributed by atoms with Crippen LogP contribution in [0.25, 0.3) is 10.2 Å². The molecule has 0 unspecified atom stereocenters. The van der Waals surface area contributed by atoms with Crippen LogP contribution in [-0.2, 0) is 23.3 Å². The van der Waals surface area contributed by atoms with Crippen LogP contribution < -0.4 is 5.73 Å². The molecule has 0 saturated heterocycles. The number of carbonyl (C=O) groups excluding carboxylic acids is 1. The Morgan fingerprint density at radius 2 is 2.00 bits per heavy atom. The number of ether oxygens (including phenoxy) is 1. The Labute approximate surface area is 160 Å². The molecule has 7 heteroatoms. The third-order valence-corrected chi connectivity index (χ3v) is 6.67. The van der Waals surface area contributed by atoms with Crippen LogP contribution in [0.5, 0.6) is 0 Å². The monoisotopic (exact) mass is 385 g/mol. The number of nitrogens with two attached hydrogens (primary N) is 1. The molecule has 2 heterocycles. The average Bonchev–Trinajstić information content (AvgIpc) is 3.05. The van der Waals surface area contributed by atoms with Crippen molar-refractivity contribution >= 4 is 45.1 Å². The second-order valence-electron chi connectivity index (χ2n) is 6.26. The number of fused-ring (bicyclic) bond motifs is 3. The lowest BCUT2D eigenvalue weighted by molar-refractivity contribution is 0.0600. The summed E-state index contributed by atoms with van der Waals surface area (Å²) in [6, 6.07) is 7.39. The van der Waals surface area contributed by atoms with Gasteiger partial charge in [0.2, 0.25) is 0 Å². The number of esters is 1. The summed E-state index contributed by atoms with van der Waals surface area (Å²) in [4.78, 5) is 23.2. The standard InChI is InChI=1S/C19H19N3O2S2/c1-24-18(23)12-8-6-11(7-9-12)10-25-19-21-16(20)15-13-4-2-3-5-14(13)26-17(15)22-19/h6-9H,2-5,10H2,1H3,(H2,20,21,22). The van der Waals surface area contributed by atoms with E-state index in [4.69, 9.17) is 15.5 Å². The Morgan fingerprint density at radius 3 is 2.77 bits per heavy atom. The molecule has 0 aliphatic heterocycles. The molecule has 1 aliphatic carbocycles. The van der Waals surface area contributed by atoms with Gasteiger partial charge in [-0.3, -0.25) is 0 Å². The zero-order valence-corrected chi connectivity index (χ0v) is 16.1. The van der Waals surface area contributed by atoms with Gasteiger partial charge in [-0.2, -0.15) is 0 Å². The number of aryl methyl sites for hydroxylation is 2. The SMILES string of the molecule is COC(=O)c1ccc(CSc2nc(N)c3c4c(sc3n2)CCCC4)cc1. The average molecular weight is 386 g/mol. The number of nitrogens with zero attached hydrogens (tertiary/aromatic N) is 2. The van der Waals surface area contributed by atoms with Gasteiger partial charge in [0.05, 0.1) is 18.1 Å². The van der Waals surface area contributed by atoms with E-state index < -0.39 is 0 Å². The van der Waals surface area contributed by atoms with Gasteiger partial charge in [-0.05, 0) is 48.9 Å². The van der Waals surface area contributed by atoms with Crippen molar-refractivity contribution in [2.75, 3.05) is 12.8 Å². The van der Waals surface area contributed by atoms with E-state index in [1.54, 1.807) is 35.2 Å². The zero-order valence-electron chi connectivity index (χ0n) is 14.4. The summed E-state index contributed by atoms with van der Waals surface area (Å²) in [5.74, 6) is 0.989. The molecule has 1 aliphatic rings. The molecule has 0 fully saturated rings. The predicted octanol–water partition coefficient (Wildman–Crippen LogP) is 4.23. The molecule has 4 rings (SSSR count). The summed E-state index contributed by atoms with van der Waals surface area (Å²) in [7, 11) is 1.38. The second kappa shape index (κ2) is 7.25. The summed E-state index contributed by atoms with van der Waals surface area (Å²) >= 11 is 3.32. The van der Waals surface area contributed by atoms with Crippen molar-refractivity contribution < 1.29 is 9.53 Å². The number of aromatic nitrogens is 2. The molecular formula is C19H19N3O2S2. The highest BCUT2D eigenvalue weighted by atomic mass is 32.2. The highest BCUT2D eigenvalue weighted by molar-refractivity contribution is 7.98. The molecule has 0 amide bonds. The maximum absolute atomic E-state index is 11.5. The Balaban J connectivity index is 1.53. The first kappa shape index (κ1) is 17.3. The van der Waals surface area contributed by atoms with Gasteiger partial charge in [-0.15, -0.1) is 11.3 Å². The van der Waals surface area contributed by atoms with Gasteiger partial charge in [0, 0.05) is 10.6 Å². The maximum Gasteiger partial charge on any atom is 0.337 e. The molecule has 1 aromatic carbocycles. The van der Waals surface area contributed by atoms with Crippen molar-refractivity contribution in [1.29, 1.82) is 0 Å². The van der Waals surface area contributed by atoms with Crippen LogP contribution in [0, 0.1) is 0 Å². The molecule has 0 spiro atoms. The Hall–Kier alpha value is -2.12. The van der Waals surface area contributed by atoms with Gasteiger partial charge in [0.1, 0.15) is 10.6 Å². The topological polar surface area (TPSA) is 78.1 Å². The first-order chi connectivity index (χ1) is 12.7. The van der Waals surface area contributed by atoms with E-state index in [9.17, 15) is 4.79 Å². The molecule has 2 N–H and O–H groups in total. The summed E-state index contributed by atoms with van der Waals surface area (Å²) in [5.41, 5.74) is 9.26. The van der Waals surface area contributed by atoms with Crippen LogP contribution in [0.15, 0.2) is 29.4 Å².